The highest BCUT2D eigenvalue weighted by Crippen LogP contribution is 2.35. The molecule has 1 aliphatic heterocycles. The van der Waals surface area contributed by atoms with Crippen LogP contribution in [0.2, 0.25) is 0 Å². The summed E-state index contributed by atoms with van der Waals surface area (Å²) in [5.74, 6) is -1.54. The van der Waals surface area contributed by atoms with E-state index in [0.717, 1.165) is 36.1 Å². The molecular formula is C49H52F3N5O10S. The van der Waals surface area contributed by atoms with Crippen molar-refractivity contribution in [3.8, 4) is 28.5 Å². The van der Waals surface area contributed by atoms with E-state index in [9.17, 15) is 46.2 Å². The maximum Gasteiger partial charge on any atom is 0.416 e. The van der Waals surface area contributed by atoms with Gasteiger partial charge in [0.05, 0.1) is 34.3 Å². The zero-order valence-electron chi connectivity index (χ0n) is 37.2. The van der Waals surface area contributed by atoms with E-state index in [2.05, 4.69) is 10.6 Å². The van der Waals surface area contributed by atoms with Crippen LogP contribution in [0.3, 0.4) is 0 Å². The summed E-state index contributed by atoms with van der Waals surface area (Å²) in [4.78, 5) is 46.5. The molecule has 0 bridgehead atoms. The van der Waals surface area contributed by atoms with Crippen molar-refractivity contribution in [2.75, 3.05) is 19.7 Å². The van der Waals surface area contributed by atoms with Crippen molar-refractivity contribution in [1.82, 2.24) is 25.2 Å². The number of aromatic nitrogens is 1. The maximum atomic E-state index is 14.6. The maximum absolute atomic E-state index is 14.6. The first-order chi connectivity index (χ1) is 32.4. The number of nitrogens with zero attached hydrogens (tertiary/aromatic N) is 2. The molecule has 1 saturated carbocycles. The lowest BCUT2D eigenvalue weighted by Gasteiger charge is -2.31. The molecule has 1 aromatic heterocycles. The summed E-state index contributed by atoms with van der Waals surface area (Å²) in [7, 11) is -4.83. The number of sulfonamides is 1. The number of aromatic hydroxyl groups is 1. The Morgan fingerprint density at radius 1 is 0.941 bits per heavy atom. The van der Waals surface area contributed by atoms with Crippen LogP contribution in [-0.4, -0.2) is 96.6 Å². The highest BCUT2D eigenvalue weighted by molar-refractivity contribution is 7.89. The quantitative estimate of drug-likeness (QED) is 0.0474. The number of alkyl carbamates (subject to hydrolysis) is 1. The molecular weight excluding hydrogens is 908 g/mol. The Bertz CT molecular complexity index is 2740. The van der Waals surface area contributed by atoms with Gasteiger partial charge in [-0.1, -0.05) is 67.6 Å². The number of aliphatic hydroxyl groups excluding tert-OH is 1. The smallest absolute Gasteiger partial charge is 0.416 e. The van der Waals surface area contributed by atoms with E-state index >= 15 is 0 Å². The van der Waals surface area contributed by atoms with Crippen LogP contribution in [0, 0.1) is 12.8 Å². The molecule has 15 nitrogen and oxygen atoms in total. The third-order valence-electron chi connectivity index (χ3n) is 11.7. The summed E-state index contributed by atoms with van der Waals surface area (Å²) < 4.78 is 87.7. The Hall–Kier alpha value is -6.70. The SMILES string of the molecule is Cc1cccc(OC/C=C\C(C)[C@@H](NC(=O)[C@@H]2CC(Oc3cc(-c4ccccc4)nc4cc(O)ccc34)CN2C(=O)CNC(=O)OC2CCCC2)C(O)NS(=O)(=O)c2cccc(C(F)(F)F)c2)c1. The number of carbonyl (C=O) groups excluding carboxylic acids is 3. The zero-order chi connectivity index (χ0) is 48.6. The van der Waals surface area contributed by atoms with Crippen LogP contribution in [0.25, 0.3) is 22.2 Å². The number of pyridine rings is 1. The first-order valence-corrected chi connectivity index (χ1v) is 23.6. The van der Waals surface area contributed by atoms with Crippen LogP contribution in [0.15, 0.2) is 120 Å². The molecule has 3 unspecified atom stereocenters. The average Bonchev–Trinajstić information content (AvgIpc) is 3.99. The largest absolute Gasteiger partial charge is 0.508 e. The topological polar surface area (TPSA) is 206 Å². The summed E-state index contributed by atoms with van der Waals surface area (Å²) in [6, 6.07) is 22.9. The minimum atomic E-state index is -4.87. The number of phenolic OH excluding ortho intramolecular Hbond substituents is 1. The lowest BCUT2D eigenvalue weighted by molar-refractivity contribution is -0.138. The van der Waals surface area contributed by atoms with Crippen molar-refractivity contribution in [3.63, 3.8) is 0 Å². The standard InChI is InChI=1S/C49H52F3N5O10S/c1-30-11-8-18-36(23-30)65-22-10-12-31(2)45(47(61)56-68(63,64)38-19-9-15-33(24-38)49(50,51)52)55-46(60)42-26-37(29-57(42)44(59)28-53-48(62)67-35-16-6-7-17-35)66-43-27-40(32-13-4-3-5-14-32)54-41-25-34(58)20-21-39(41)43/h3-5,8-15,18-21,23-25,27,31,35,37,42,45,47,56,58,61H,6-7,16-17,22,26,28-29H2,1-2H3,(H,53,62)(H,55,60)/b12-10-/t31?,37?,42-,45+,47?/m0/s1. The summed E-state index contributed by atoms with van der Waals surface area (Å²) in [5.41, 5.74) is 1.39. The first-order valence-electron chi connectivity index (χ1n) is 22.1. The Balaban J connectivity index is 1.16. The summed E-state index contributed by atoms with van der Waals surface area (Å²) in [6.07, 6.45) is -2.72. The normalized spacial score (nSPS) is 18.0. The van der Waals surface area contributed by atoms with E-state index in [1.54, 1.807) is 37.3 Å². The fraction of sp³-hybridized carbons (Fsp3) is 0.347. The Labute approximate surface area is 391 Å². The number of likely N-dealkylation sites (tertiary alicyclic amines) is 1. The Kier molecular flexibility index (Phi) is 15.6. The highest BCUT2D eigenvalue weighted by Gasteiger charge is 2.43. The van der Waals surface area contributed by atoms with Gasteiger partial charge in [0.1, 0.15) is 54.9 Å². The fourth-order valence-corrected chi connectivity index (χ4v) is 9.35. The highest BCUT2D eigenvalue weighted by atomic mass is 32.2. The number of halogens is 3. The van der Waals surface area contributed by atoms with Crippen molar-refractivity contribution in [2.45, 2.75) is 87.5 Å². The number of alkyl halides is 3. The van der Waals surface area contributed by atoms with Gasteiger partial charge in [-0.05, 0) is 86.6 Å². The van der Waals surface area contributed by atoms with Crippen LogP contribution >= 0.6 is 0 Å². The number of hydrogen-bond acceptors (Lipinski definition) is 11. The molecule has 4 aromatic carbocycles. The molecule has 7 rings (SSSR count). The van der Waals surface area contributed by atoms with Gasteiger partial charge in [0.15, 0.2) is 0 Å². The van der Waals surface area contributed by atoms with Gasteiger partial charge < -0.3 is 40.0 Å². The molecule has 68 heavy (non-hydrogen) atoms. The Morgan fingerprint density at radius 2 is 1.69 bits per heavy atom. The van der Waals surface area contributed by atoms with Gasteiger partial charge in [-0.25, -0.2) is 18.2 Å². The van der Waals surface area contributed by atoms with Crippen molar-refractivity contribution in [3.05, 3.63) is 126 Å². The number of hydrogen-bond donors (Lipinski definition) is 5. The lowest BCUT2D eigenvalue weighted by atomic mass is 9.99. The number of aryl methyl sites for hydroxylation is 1. The number of nitrogens with one attached hydrogen (secondary N) is 3. The van der Waals surface area contributed by atoms with Crippen molar-refractivity contribution >= 4 is 38.8 Å². The monoisotopic (exact) mass is 959 g/mol. The molecule has 1 saturated heterocycles. The minimum Gasteiger partial charge on any atom is -0.508 e. The number of phenols is 1. The predicted molar refractivity (Wildman–Crippen MR) is 245 cm³/mol. The molecule has 0 radical (unpaired) electrons. The van der Waals surface area contributed by atoms with Crippen molar-refractivity contribution in [1.29, 1.82) is 0 Å². The molecule has 5 N–H and O–H groups in total. The first kappa shape index (κ1) is 49.2. The summed E-state index contributed by atoms with van der Waals surface area (Å²) in [5, 5.41) is 27.6. The van der Waals surface area contributed by atoms with E-state index < -0.39 is 81.4 Å². The molecule has 3 amide bonds. The number of carbonyl (C=O) groups is 3. The predicted octanol–water partition coefficient (Wildman–Crippen LogP) is 7.00. The second kappa shape index (κ2) is 21.5. The molecule has 5 atom stereocenters. The van der Waals surface area contributed by atoms with E-state index in [0.29, 0.717) is 53.1 Å². The molecule has 2 fully saturated rings. The van der Waals surface area contributed by atoms with Gasteiger partial charge in [-0.2, -0.15) is 17.9 Å². The van der Waals surface area contributed by atoms with Gasteiger partial charge in [0.2, 0.25) is 21.8 Å². The second-order valence-electron chi connectivity index (χ2n) is 16.8. The molecule has 360 valence electrons. The van der Waals surface area contributed by atoms with Crippen LogP contribution in [0.1, 0.15) is 50.2 Å². The van der Waals surface area contributed by atoms with E-state index in [1.807, 2.05) is 60.2 Å². The number of fused-ring (bicyclic) bond motifs is 1. The number of ether oxygens (including phenoxy) is 3. The van der Waals surface area contributed by atoms with Gasteiger partial charge >= 0.3 is 12.3 Å². The molecule has 5 aromatic rings. The van der Waals surface area contributed by atoms with Crippen LogP contribution in [0.5, 0.6) is 17.2 Å². The van der Waals surface area contributed by atoms with Crippen LogP contribution in [-0.2, 0) is 30.5 Å². The van der Waals surface area contributed by atoms with E-state index in [-0.39, 0.29) is 31.4 Å². The second-order valence-corrected chi connectivity index (χ2v) is 18.5. The van der Waals surface area contributed by atoms with Crippen LogP contribution < -0.4 is 24.8 Å². The summed E-state index contributed by atoms with van der Waals surface area (Å²) in [6.45, 7) is 2.77. The van der Waals surface area contributed by atoms with Gasteiger partial charge in [-0.15, -0.1) is 0 Å². The lowest BCUT2D eigenvalue weighted by Crippen LogP contribution is -2.58. The third-order valence-corrected chi connectivity index (χ3v) is 13.1. The molecule has 0 spiro atoms. The number of aliphatic hydroxyl groups is 1. The average molecular weight is 960 g/mol. The van der Waals surface area contributed by atoms with Crippen LogP contribution in [0.4, 0.5) is 18.0 Å². The molecule has 1 aliphatic carbocycles. The van der Waals surface area contributed by atoms with Crippen molar-refractivity contribution in [2.24, 2.45) is 5.92 Å². The zero-order valence-corrected chi connectivity index (χ0v) is 38.0. The van der Waals surface area contributed by atoms with Crippen molar-refractivity contribution < 1.29 is 60.4 Å². The van der Waals surface area contributed by atoms with Gasteiger partial charge in [-0.3, -0.25) is 9.59 Å². The molecule has 2 aliphatic rings. The number of benzene rings is 4. The van der Waals surface area contributed by atoms with E-state index in [4.69, 9.17) is 19.2 Å². The number of amides is 3. The molecule has 19 heteroatoms. The Morgan fingerprint density at radius 3 is 2.43 bits per heavy atom. The molecule has 2 heterocycles. The summed E-state index contributed by atoms with van der Waals surface area (Å²) >= 11 is 0. The third kappa shape index (κ3) is 12.6. The van der Waals surface area contributed by atoms with Gasteiger partial charge in [0.25, 0.3) is 0 Å². The van der Waals surface area contributed by atoms with E-state index in [1.165, 1.54) is 17.0 Å². The number of rotatable bonds is 17. The minimum absolute atomic E-state index is 0.0359. The fourth-order valence-electron chi connectivity index (χ4n) is 8.21. The van der Waals surface area contributed by atoms with Gasteiger partial charge in [0, 0.05) is 29.5 Å².